The van der Waals surface area contributed by atoms with Crippen molar-refractivity contribution >= 4 is 5.91 Å². The molecule has 1 amide bonds. The molecule has 0 unspecified atom stereocenters. The third-order valence-electron chi connectivity index (χ3n) is 4.39. The Kier molecular flexibility index (Phi) is 5.63. The van der Waals surface area contributed by atoms with E-state index in [1.54, 1.807) is 0 Å². The largest absolute Gasteiger partial charge is 0.355 e. The number of carbonyl (C=O) groups excluding carboxylic acids is 1. The molecule has 3 aromatic carbocycles. The summed E-state index contributed by atoms with van der Waals surface area (Å²) in [6, 6.07) is 28.8. The lowest BCUT2D eigenvalue weighted by Gasteiger charge is -2.19. The van der Waals surface area contributed by atoms with Crippen LogP contribution in [0.2, 0.25) is 0 Å². The van der Waals surface area contributed by atoms with Crippen LogP contribution in [0.3, 0.4) is 0 Å². The van der Waals surface area contributed by atoms with E-state index in [4.69, 9.17) is 0 Å². The Morgan fingerprint density at radius 2 is 1.32 bits per heavy atom. The van der Waals surface area contributed by atoms with Crippen molar-refractivity contribution < 1.29 is 4.79 Å². The number of hydrogen-bond acceptors (Lipinski definition) is 1. The Morgan fingerprint density at radius 1 is 0.800 bits per heavy atom. The molecule has 0 spiro atoms. The fraction of sp³-hybridized carbons (Fsp3) is 0.174. The van der Waals surface area contributed by atoms with Crippen molar-refractivity contribution in [3.05, 3.63) is 107 Å². The summed E-state index contributed by atoms with van der Waals surface area (Å²) in [6.45, 7) is 2.65. The van der Waals surface area contributed by atoms with Gasteiger partial charge in [0.05, 0.1) is 6.42 Å². The summed E-state index contributed by atoms with van der Waals surface area (Å²) in [6.07, 6.45) is 0.413. The van der Waals surface area contributed by atoms with Crippen molar-refractivity contribution in [2.24, 2.45) is 0 Å². The molecule has 0 fully saturated rings. The molecule has 3 rings (SSSR count). The zero-order valence-corrected chi connectivity index (χ0v) is 14.5. The molecule has 0 bridgehead atoms. The Bertz CT molecular complexity index is 755. The van der Waals surface area contributed by atoms with Gasteiger partial charge in [-0.2, -0.15) is 0 Å². The molecule has 126 valence electrons. The van der Waals surface area contributed by atoms with Gasteiger partial charge in [-0.15, -0.1) is 0 Å². The van der Waals surface area contributed by atoms with E-state index < -0.39 is 0 Å². The van der Waals surface area contributed by atoms with Crippen molar-refractivity contribution in [3.8, 4) is 0 Å². The normalized spacial score (nSPS) is 10.6. The quantitative estimate of drug-likeness (QED) is 0.709. The van der Waals surface area contributed by atoms with Gasteiger partial charge in [0.15, 0.2) is 0 Å². The van der Waals surface area contributed by atoms with Crippen molar-refractivity contribution in [2.45, 2.75) is 19.3 Å². The van der Waals surface area contributed by atoms with Crippen LogP contribution in [0.25, 0.3) is 0 Å². The van der Waals surface area contributed by atoms with E-state index in [2.05, 4.69) is 29.6 Å². The van der Waals surface area contributed by atoms with Gasteiger partial charge >= 0.3 is 0 Å². The predicted molar refractivity (Wildman–Crippen MR) is 103 cm³/mol. The number of amides is 1. The smallest absolute Gasteiger partial charge is 0.224 e. The van der Waals surface area contributed by atoms with Crippen molar-refractivity contribution in [2.75, 3.05) is 6.54 Å². The van der Waals surface area contributed by atoms with E-state index in [1.807, 2.05) is 67.6 Å². The molecule has 3 aromatic rings. The van der Waals surface area contributed by atoms with E-state index in [1.165, 1.54) is 16.7 Å². The molecular formula is C23H23NO. The summed E-state index contributed by atoms with van der Waals surface area (Å²) < 4.78 is 0. The maximum absolute atomic E-state index is 12.4. The van der Waals surface area contributed by atoms with Crippen molar-refractivity contribution in [1.82, 2.24) is 5.32 Å². The van der Waals surface area contributed by atoms with E-state index in [9.17, 15) is 4.79 Å². The van der Waals surface area contributed by atoms with Gasteiger partial charge in [0.25, 0.3) is 0 Å². The van der Waals surface area contributed by atoms with Crippen LogP contribution in [0.4, 0.5) is 0 Å². The Morgan fingerprint density at radius 3 is 1.84 bits per heavy atom. The molecule has 0 aliphatic rings. The molecule has 1 N–H and O–H groups in total. The highest BCUT2D eigenvalue weighted by molar-refractivity contribution is 5.78. The molecule has 0 atom stereocenters. The standard InChI is InChI=1S/C23H23NO/c1-18-12-14-19(15-13-18)16-23(25)24-17-22(20-8-4-2-5-9-20)21-10-6-3-7-11-21/h2-15,22H,16-17H2,1H3,(H,24,25). The van der Waals surface area contributed by atoms with Gasteiger partial charge in [0.2, 0.25) is 5.91 Å². The van der Waals surface area contributed by atoms with E-state index in [0.717, 1.165) is 5.56 Å². The third-order valence-corrected chi connectivity index (χ3v) is 4.39. The van der Waals surface area contributed by atoms with Gasteiger partial charge in [-0.25, -0.2) is 0 Å². The molecular weight excluding hydrogens is 306 g/mol. The first-order valence-electron chi connectivity index (χ1n) is 8.64. The molecule has 25 heavy (non-hydrogen) atoms. The molecule has 0 radical (unpaired) electrons. The molecule has 0 aliphatic heterocycles. The summed E-state index contributed by atoms with van der Waals surface area (Å²) in [5, 5.41) is 3.10. The summed E-state index contributed by atoms with van der Waals surface area (Å²) in [5.41, 5.74) is 4.67. The Balaban J connectivity index is 1.68. The van der Waals surface area contributed by atoms with Gasteiger partial charge in [-0.05, 0) is 23.6 Å². The molecule has 0 aliphatic carbocycles. The van der Waals surface area contributed by atoms with Crippen LogP contribution in [0.15, 0.2) is 84.9 Å². The van der Waals surface area contributed by atoms with Gasteiger partial charge in [-0.1, -0.05) is 90.5 Å². The van der Waals surface area contributed by atoms with Crippen LogP contribution in [0.5, 0.6) is 0 Å². The van der Waals surface area contributed by atoms with Crippen LogP contribution in [-0.2, 0) is 11.2 Å². The summed E-state index contributed by atoms with van der Waals surface area (Å²) in [7, 11) is 0. The highest BCUT2D eigenvalue weighted by Crippen LogP contribution is 2.23. The second kappa shape index (κ2) is 8.29. The van der Waals surface area contributed by atoms with Crippen LogP contribution >= 0.6 is 0 Å². The first-order chi connectivity index (χ1) is 12.2. The first-order valence-corrected chi connectivity index (χ1v) is 8.64. The zero-order valence-electron chi connectivity index (χ0n) is 14.5. The zero-order chi connectivity index (χ0) is 17.5. The van der Waals surface area contributed by atoms with Crippen LogP contribution in [0, 0.1) is 6.92 Å². The number of benzene rings is 3. The van der Waals surface area contributed by atoms with E-state index in [0.29, 0.717) is 13.0 Å². The monoisotopic (exact) mass is 329 g/mol. The SMILES string of the molecule is Cc1ccc(CC(=O)NCC(c2ccccc2)c2ccccc2)cc1. The molecule has 0 heterocycles. The Hall–Kier alpha value is -2.87. The minimum absolute atomic E-state index is 0.0562. The summed E-state index contributed by atoms with van der Waals surface area (Å²) >= 11 is 0. The fourth-order valence-electron chi connectivity index (χ4n) is 2.97. The average molecular weight is 329 g/mol. The lowest BCUT2D eigenvalue weighted by Crippen LogP contribution is -2.30. The number of carbonyl (C=O) groups is 1. The molecule has 2 nitrogen and oxygen atoms in total. The maximum Gasteiger partial charge on any atom is 0.224 e. The maximum atomic E-state index is 12.4. The number of rotatable bonds is 6. The van der Waals surface area contributed by atoms with Crippen LogP contribution < -0.4 is 5.32 Å². The number of hydrogen-bond donors (Lipinski definition) is 1. The van der Waals surface area contributed by atoms with E-state index >= 15 is 0 Å². The van der Waals surface area contributed by atoms with Crippen molar-refractivity contribution in [3.63, 3.8) is 0 Å². The van der Waals surface area contributed by atoms with Gasteiger partial charge in [-0.3, -0.25) is 4.79 Å². The third kappa shape index (κ3) is 4.80. The van der Waals surface area contributed by atoms with Crippen LogP contribution in [-0.4, -0.2) is 12.5 Å². The second-order valence-corrected chi connectivity index (χ2v) is 6.34. The predicted octanol–water partition coefficient (Wildman–Crippen LogP) is 4.49. The Labute approximate surface area is 149 Å². The fourth-order valence-corrected chi connectivity index (χ4v) is 2.97. The second-order valence-electron chi connectivity index (χ2n) is 6.34. The van der Waals surface area contributed by atoms with Gasteiger partial charge < -0.3 is 5.32 Å². The summed E-state index contributed by atoms with van der Waals surface area (Å²) in [5.74, 6) is 0.213. The lowest BCUT2D eigenvalue weighted by atomic mass is 9.91. The number of nitrogens with one attached hydrogen (secondary N) is 1. The van der Waals surface area contributed by atoms with Gasteiger partial charge in [0, 0.05) is 12.5 Å². The molecule has 0 saturated heterocycles. The summed E-state index contributed by atoms with van der Waals surface area (Å²) in [4.78, 5) is 12.4. The van der Waals surface area contributed by atoms with E-state index in [-0.39, 0.29) is 11.8 Å². The first kappa shape index (κ1) is 17.0. The lowest BCUT2D eigenvalue weighted by molar-refractivity contribution is -0.120. The molecule has 2 heteroatoms. The minimum atomic E-state index is 0.0562. The highest BCUT2D eigenvalue weighted by Gasteiger charge is 2.15. The molecule has 0 saturated carbocycles. The molecule has 0 aromatic heterocycles. The van der Waals surface area contributed by atoms with Crippen molar-refractivity contribution in [1.29, 1.82) is 0 Å². The highest BCUT2D eigenvalue weighted by atomic mass is 16.1. The van der Waals surface area contributed by atoms with Crippen LogP contribution in [0.1, 0.15) is 28.2 Å². The average Bonchev–Trinajstić information content (AvgIpc) is 2.66. The minimum Gasteiger partial charge on any atom is -0.355 e. The van der Waals surface area contributed by atoms with Gasteiger partial charge in [0.1, 0.15) is 0 Å². The number of aryl methyl sites for hydroxylation is 1. The topological polar surface area (TPSA) is 29.1 Å².